The molecule has 0 N–H and O–H groups in total. The van der Waals surface area contributed by atoms with E-state index in [0.717, 1.165) is 24.5 Å². The Hall–Kier alpha value is -1.77. The summed E-state index contributed by atoms with van der Waals surface area (Å²) in [4.78, 5) is 4.51. The first-order chi connectivity index (χ1) is 8.38. The summed E-state index contributed by atoms with van der Waals surface area (Å²) in [5.74, 6) is 2.00. The fourth-order valence-electron chi connectivity index (χ4n) is 2.38. The third-order valence-electron chi connectivity index (χ3n) is 3.18. The Balaban J connectivity index is 1.93. The maximum atomic E-state index is 5.44. The summed E-state index contributed by atoms with van der Waals surface area (Å²) >= 11 is 0. The van der Waals surface area contributed by atoms with Crippen molar-refractivity contribution in [2.75, 3.05) is 6.61 Å². The van der Waals surface area contributed by atoms with Crippen molar-refractivity contribution in [1.82, 2.24) is 9.55 Å². The number of nitrogens with zero attached hydrogens (tertiary/aromatic N) is 2. The molecule has 0 spiro atoms. The van der Waals surface area contributed by atoms with Crippen LogP contribution in [0.4, 0.5) is 0 Å². The third-order valence-corrected chi connectivity index (χ3v) is 3.18. The van der Waals surface area contributed by atoms with Gasteiger partial charge in [0.15, 0.2) is 0 Å². The average Bonchev–Trinajstić information content (AvgIpc) is 2.93. The fourth-order valence-corrected chi connectivity index (χ4v) is 2.38. The van der Waals surface area contributed by atoms with Gasteiger partial charge in [0.05, 0.1) is 6.61 Å². The minimum absolute atomic E-state index is 0.706. The summed E-state index contributed by atoms with van der Waals surface area (Å²) < 4.78 is 7.76. The van der Waals surface area contributed by atoms with E-state index in [9.17, 15) is 0 Å². The van der Waals surface area contributed by atoms with E-state index < -0.39 is 0 Å². The predicted octanol–water partition coefficient (Wildman–Crippen LogP) is 2.90. The van der Waals surface area contributed by atoms with Gasteiger partial charge in [-0.15, -0.1) is 0 Å². The molecule has 2 aromatic rings. The van der Waals surface area contributed by atoms with Crippen LogP contribution in [-0.4, -0.2) is 16.2 Å². The van der Waals surface area contributed by atoms with Crippen LogP contribution in [-0.2, 0) is 13.0 Å². The van der Waals surface area contributed by atoms with E-state index in [0.29, 0.717) is 6.61 Å². The van der Waals surface area contributed by atoms with Gasteiger partial charge in [-0.3, -0.25) is 0 Å². The molecular formula is C14H16N2O. The molecule has 3 heteroatoms. The van der Waals surface area contributed by atoms with E-state index in [1.54, 1.807) is 0 Å². The van der Waals surface area contributed by atoms with Crippen LogP contribution in [0.2, 0.25) is 0 Å². The van der Waals surface area contributed by atoms with Crippen LogP contribution in [0.5, 0.6) is 5.75 Å². The molecule has 2 heterocycles. The second kappa shape index (κ2) is 4.24. The van der Waals surface area contributed by atoms with Gasteiger partial charge in [-0.05, 0) is 44.0 Å². The highest BCUT2D eigenvalue weighted by atomic mass is 16.5. The van der Waals surface area contributed by atoms with Crippen molar-refractivity contribution in [1.29, 1.82) is 0 Å². The monoisotopic (exact) mass is 228 g/mol. The lowest BCUT2D eigenvalue weighted by Crippen LogP contribution is -1.96. The zero-order chi connectivity index (χ0) is 11.7. The lowest BCUT2D eigenvalue weighted by molar-refractivity contribution is 0.340. The van der Waals surface area contributed by atoms with Crippen molar-refractivity contribution in [2.24, 2.45) is 0 Å². The van der Waals surface area contributed by atoms with Crippen molar-refractivity contribution >= 4 is 0 Å². The van der Waals surface area contributed by atoms with Gasteiger partial charge in [0.1, 0.15) is 11.6 Å². The van der Waals surface area contributed by atoms with Crippen molar-refractivity contribution in [2.45, 2.75) is 26.3 Å². The number of ether oxygens (including phenoxy) is 1. The second-order valence-electron chi connectivity index (χ2n) is 4.29. The van der Waals surface area contributed by atoms with Crippen LogP contribution in [0.25, 0.3) is 11.4 Å². The van der Waals surface area contributed by atoms with Crippen LogP contribution < -0.4 is 4.74 Å². The summed E-state index contributed by atoms with van der Waals surface area (Å²) in [6.45, 7) is 3.80. The zero-order valence-corrected chi connectivity index (χ0v) is 10.0. The number of aryl methyl sites for hydroxylation is 1. The maximum absolute atomic E-state index is 5.44. The van der Waals surface area contributed by atoms with E-state index in [4.69, 9.17) is 4.74 Å². The first kappa shape index (κ1) is 10.4. The molecule has 0 aliphatic carbocycles. The van der Waals surface area contributed by atoms with E-state index in [1.165, 1.54) is 17.7 Å². The van der Waals surface area contributed by atoms with Gasteiger partial charge < -0.3 is 9.30 Å². The number of hydrogen-bond donors (Lipinski definition) is 0. The predicted molar refractivity (Wildman–Crippen MR) is 67.2 cm³/mol. The molecule has 0 saturated carbocycles. The van der Waals surface area contributed by atoms with E-state index in [-0.39, 0.29) is 0 Å². The Morgan fingerprint density at radius 2 is 2.12 bits per heavy atom. The normalized spacial score (nSPS) is 13.7. The molecular weight excluding hydrogens is 212 g/mol. The van der Waals surface area contributed by atoms with Gasteiger partial charge >= 0.3 is 0 Å². The Morgan fingerprint density at radius 3 is 2.88 bits per heavy atom. The number of benzene rings is 1. The molecule has 0 atom stereocenters. The molecule has 3 rings (SSSR count). The Morgan fingerprint density at radius 1 is 1.29 bits per heavy atom. The van der Waals surface area contributed by atoms with Crippen molar-refractivity contribution in [3.8, 4) is 17.1 Å². The topological polar surface area (TPSA) is 27.1 Å². The molecule has 1 aliphatic heterocycles. The van der Waals surface area contributed by atoms with Crippen LogP contribution in [0, 0.1) is 0 Å². The molecule has 88 valence electrons. The Bertz CT molecular complexity index is 514. The van der Waals surface area contributed by atoms with Gasteiger partial charge in [-0.2, -0.15) is 0 Å². The van der Waals surface area contributed by atoms with Crippen LogP contribution in [0.15, 0.2) is 30.5 Å². The lowest BCUT2D eigenvalue weighted by atomic mass is 10.2. The largest absolute Gasteiger partial charge is 0.494 e. The third kappa shape index (κ3) is 1.82. The summed E-state index contributed by atoms with van der Waals surface area (Å²) in [7, 11) is 0. The van der Waals surface area contributed by atoms with Gasteiger partial charge in [0.25, 0.3) is 0 Å². The summed E-state index contributed by atoms with van der Waals surface area (Å²) in [6.07, 6.45) is 4.39. The Labute approximate surface area is 101 Å². The van der Waals surface area contributed by atoms with Gasteiger partial charge in [-0.1, -0.05) is 0 Å². The highest BCUT2D eigenvalue weighted by Crippen LogP contribution is 2.26. The van der Waals surface area contributed by atoms with E-state index in [2.05, 4.69) is 21.7 Å². The quantitative estimate of drug-likeness (QED) is 0.807. The molecule has 0 unspecified atom stereocenters. The fraction of sp³-hybridized carbons (Fsp3) is 0.357. The molecule has 17 heavy (non-hydrogen) atoms. The van der Waals surface area contributed by atoms with Crippen molar-refractivity contribution < 1.29 is 4.74 Å². The first-order valence-corrected chi connectivity index (χ1v) is 6.16. The first-order valence-electron chi connectivity index (χ1n) is 6.16. The average molecular weight is 228 g/mol. The second-order valence-corrected chi connectivity index (χ2v) is 4.29. The highest BCUT2D eigenvalue weighted by molar-refractivity contribution is 5.57. The number of imidazole rings is 1. The lowest BCUT2D eigenvalue weighted by Gasteiger charge is -2.06. The molecule has 0 fully saturated rings. The van der Waals surface area contributed by atoms with Gasteiger partial charge in [0, 0.05) is 24.0 Å². The molecule has 3 nitrogen and oxygen atoms in total. The number of aromatic nitrogens is 2. The van der Waals surface area contributed by atoms with E-state index >= 15 is 0 Å². The zero-order valence-electron chi connectivity index (χ0n) is 10.0. The number of hydrogen-bond acceptors (Lipinski definition) is 2. The maximum Gasteiger partial charge on any atom is 0.140 e. The summed E-state index contributed by atoms with van der Waals surface area (Å²) in [5, 5.41) is 0. The summed E-state index contributed by atoms with van der Waals surface area (Å²) in [5.41, 5.74) is 2.52. The van der Waals surface area contributed by atoms with Crippen molar-refractivity contribution in [3.05, 3.63) is 36.2 Å². The number of fused-ring (bicyclic) bond motifs is 1. The molecule has 1 aliphatic rings. The molecule has 0 radical (unpaired) electrons. The van der Waals surface area contributed by atoms with E-state index in [1.807, 2.05) is 25.3 Å². The van der Waals surface area contributed by atoms with Crippen LogP contribution >= 0.6 is 0 Å². The minimum atomic E-state index is 0.706. The Kier molecular flexibility index (Phi) is 2.59. The van der Waals surface area contributed by atoms with Crippen molar-refractivity contribution in [3.63, 3.8) is 0 Å². The summed E-state index contributed by atoms with van der Waals surface area (Å²) in [6, 6.07) is 8.18. The minimum Gasteiger partial charge on any atom is -0.494 e. The van der Waals surface area contributed by atoms with Gasteiger partial charge in [-0.25, -0.2) is 4.98 Å². The SMILES string of the molecule is CCOc1ccc(-c2ncc3n2CCC3)cc1. The highest BCUT2D eigenvalue weighted by Gasteiger charge is 2.16. The molecule has 1 aromatic heterocycles. The van der Waals surface area contributed by atoms with Crippen LogP contribution in [0.1, 0.15) is 19.0 Å². The van der Waals surface area contributed by atoms with Crippen LogP contribution in [0.3, 0.4) is 0 Å². The molecule has 0 bridgehead atoms. The molecule has 1 aromatic carbocycles. The number of rotatable bonds is 3. The molecule has 0 saturated heterocycles. The molecule has 0 amide bonds. The standard InChI is InChI=1S/C14H16N2O/c1-2-17-13-7-5-11(6-8-13)14-15-10-12-4-3-9-16(12)14/h5-8,10H,2-4,9H2,1H3. The van der Waals surface area contributed by atoms with Gasteiger partial charge in [0.2, 0.25) is 0 Å². The smallest absolute Gasteiger partial charge is 0.140 e.